The molecule has 0 aromatic carbocycles. The smallest absolute Gasteiger partial charge is 0.146 e. The molecule has 6 nitrogen and oxygen atoms in total. The molecule has 1 atom stereocenters. The maximum Gasteiger partial charge on any atom is 0.146 e. The molecule has 1 aliphatic heterocycles. The first-order chi connectivity index (χ1) is 12.7. The molecule has 0 bridgehead atoms. The molecule has 2 aliphatic carbocycles. The van der Waals surface area contributed by atoms with E-state index in [4.69, 9.17) is 4.98 Å². The fraction of sp³-hybridized carbons (Fsp3) is 0.750. The molecule has 0 amide bonds. The van der Waals surface area contributed by atoms with Crippen molar-refractivity contribution < 1.29 is 0 Å². The summed E-state index contributed by atoms with van der Waals surface area (Å²) in [4.78, 5) is 7.65. The van der Waals surface area contributed by atoms with Gasteiger partial charge in [-0.25, -0.2) is 4.98 Å². The van der Waals surface area contributed by atoms with Gasteiger partial charge in [0.25, 0.3) is 0 Å². The Kier molecular flexibility index (Phi) is 4.11. The van der Waals surface area contributed by atoms with Crippen molar-refractivity contribution in [1.29, 1.82) is 0 Å². The van der Waals surface area contributed by atoms with Crippen molar-refractivity contribution in [3.05, 3.63) is 28.9 Å². The summed E-state index contributed by atoms with van der Waals surface area (Å²) in [6.07, 6.45) is 11.3. The van der Waals surface area contributed by atoms with Crippen LogP contribution in [0.4, 0.5) is 0 Å². The summed E-state index contributed by atoms with van der Waals surface area (Å²) in [6, 6.07) is 0.425. The van der Waals surface area contributed by atoms with E-state index in [0.717, 1.165) is 25.3 Å². The van der Waals surface area contributed by atoms with Crippen LogP contribution in [0.5, 0.6) is 0 Å². The molecule has 1 saturated carbocycles. The first kappa shape index (κ1) is 16.5. The van der Waals surface area contributed by atoms with Gasteiger partial charge in [-0.15, -0.1) is 10.2 Å². The van der Waals surface area contributed by atoms with Gasteiger partial charge in [-0.1, -0.05) is 6.42 Å². The van der Waals surface area contributed by atoms with Crippen molar-refractivity contribution >= 4 is 0 Å². The zero-order chi connectivity index (χ0) is 17.7. The number of nitrogens with zero attached hydrogens (tertiary/aromatic N) is 6. The number of hydrogen-bond donors (Lipinski definition) is 0. The van der Waals surface area contributed by atoms with Gasteiger partial charge in [0.1, 0.15) is 17.5 Å². The third kappa shape index (κ3) is 2.61. The van der Waals surface area contributed by atoms with Crippen LogP contribution in [0.3, 0.4) is 0 Å². The van der Waals surface area contributed by atoms with Gasteiger partial charge < -0.3 is 9.13 Å². The molecule has 0 radical (unpaired) electrons. The summed E-state index contributed by atoms with van der Waals surface area (Å²) in [5.41, 5.74) is 2.83. The molecule has 0 spiro atoms. The van der Waals surface area contributed by atoms with Crippen LogP contribution >= 0.6 is 0 Å². The number of aromatic nitrogens is 5. The second-order valence-corrected chi connectivity index (χ2v) is 8.42. The molecule has 2 aromatic rings. The van der Waals surface area contributed by atoms with Crippen LogP contribution in [0, 0.1) is 0 Å². The van der Waals surface area contributed by atoms with Crippen molar-refractivity contribution in [3.8, 4) is 0 Å². The van der Waals surface area contributed by atoms with Crippen LogP contribution in [0.1, 0.15) is 85.8 Å². The summed E-state index contributed by atoms with van der Waals surface area (Å²) in [7, 11) is 4.37. The Morgan fingerprint density at radius 3 is 2.50 bits per heavy atom. The molecule has 26 heavy (non-hydrogen) atoms. The molecule has 0 N–H and O–H groups in total. The Labute approximate surface area is 155 Å². The molecule has 3 heterocycles. The van der Waals surface area contributed by atoms with E-state index >= 15 is 0 Å². The normalized spacial score (nSPS) is 24.0. The first-order valence-corrected chi connectivity index (χ1v) is 10.4. The van der Waals surface area contributed by atoms with E-state index in [9.17, 15) is 0 Å². The fourth-order valence-electron chi connectivity index (χ4n) is 5.03. The van der Waals surface area contributed by atoms with Gasteiger partial charge in [0.15, 0.2) is 0 Å². The molecule has 2 aromatic heterocycles. The third-order valence-corrected chi connectivity index (χ3v) is 6.88. The highest BCUT2D eigenvalue weighted by molar-refractivity contribution is 5.22. The molecule has 2 fully saturated rings. The lowest BCUT2D eigenvalue weighted by Gasteiger charge is -2.25. The van der Waals surface area contributed by atoms with E-state index in [1.165, 1.54) is 74.4 Å². The van der Waals surface area contributed by atoms with Crippen LogP contribution < -0.4 is 0 Å². The quantitative estimate of drug-likeness (QED) is 0.847. The average molecular weight is 355 g/mol. The molecule has 1 saturated heterocycles. The Hall–Kier alpha value is -1.69. The van der Waals surface area contributed by atoms with E-state index in [1.807, 2.05) is 0 Å². The van der Waals surface area contributed by atoms with Crippen molar-refractivity contribution in [1.82, 2.24) is 29.2 Å². The van der Waals surface area contributed by atoms with Gasteiger partial charge in [0, 0.05) is 25.7 Å². The fourth-order valence-corrected chi connectivity index (χ4v) is 5.03. The van der Waals surface area contributed by atoms with E-state index in [-0.39, 0.29) is 0 Å². The lowest BCUT2D eigenvalue weighted by atomic mass is 9.85. The zero-order valence-corrected chi connectivity index (χ0v) is 16.1. The van der Waals surface area contributed by atoms with Crippen LogP contribution in [0.25, 0.3) is 0 Å². The van der Waals surface area contributed by atoms with E-state index < -0.39 is 0 Å². The van der Waals surface area contributed by atoms with Crippen LogP contribution in [-0.2, 0) is 33.5 Å². The molecular formula is C20H30N6. The minimum Gasteiger partial charge on any atom is -0.334 e. The van der Waals surface area contributed by atoms with E-state index in [1.54, 1.807) is 0 Å². The van der Waals surface area contributed by atoms with Crippen molar-refractivity contribution in [2.75, 3.05) is 6.54 Å². The Morgan fingerprint density at radius 1 is 0.885 bits per heavy atom. The van der Waals surface area contributed by atoms with Crippen molar-refractivity contribution in [2.45, 2.75) is 76.3 Å². The zero-order valence-electron chi connectivity index (χ0n) is 16.1. The second kappa shape index (κ2) is 6.48. The lowest BCUT2D eigenvalue weighted by molar-refractivity contribution is 0.227. The Morgan fingerprint density at radius 2 is 1.73 bits per heavy atom. The SMILES string of the molecule is Cn1c(CN2CCC[C@H]2c2nc3c(n2C)CCCC3)nnc1C1CCC1. The van der Waals surface area contributed by atoms with Crippen LogP contribution in [0.2, 0.25) is 0 Å². The van der Waals surface area contributed by atoms with E-state index in [2.05, 4.69) is 38.3 Å². The highest BCUT2D eigenvalue weighted by atomic mass is 15.3. The predicted octanol–water partition coefficient (Wildman–Crippen LogP) is 3.03. The van der Waals surface area contributed by atoms with Gasteiger partial charge in [-0.2, -0.15) is 0 Å². The summed E-state index contributed by atoms with van der Waals surface area (Å²) >= 11 is 0. The molecule has 140 valence electrons. The number of likely N-dealkylation sites (tertiary alicyclic amines) is 1. The van der Waals surface area contributed by atoms with Gasteiger partial charge >= 0.3 is 0 Å². The maximum atomic E-state index is 5.08. The number of aryl methyl sites for hydroxylation is 1. The van der Waals surface area contributed by atoms with Gasteiger partial charge in [0.2, 0.25) is 0 Å². The first-order valence-electron chi connectivity index (χ1n) is 10.4. The molecular weight excluding hydrogens is 324 g/mol. The maximum absolute atomic E-state index is 5.08. The monoisotopic (exact) mass is 354 g/mol. The molecule has 6 heteroatoms. The largest absolute Gasteiger partial charge is 0.334 e. The van der Waals surface area contributed by atoms with Crippen molar-refractivity contribution in [2.24, 2.45) is 14.1 Å². The minimum absolute atomic E-state index is 0.425. The molecule has 5 rings (SSSR count). The second-order valence-electron chi connectivity index (χ2n) is 8.42. The Balaban J connectivity index is 1.38. The topological polar surface area (TPSA) is 51.8 Å². The van der Waals surface area contributed by atoms with Crippen LogP contribution in [-0.4, -0.2) is 35.8 Å². The number of hydrogen-bond acceptors (Lipinski definition) is 4. The highest BCUT2D eigenvalue weighted by Crippen LogP contribution is 2.37. The minimum atomic E-state index is 0.425. The summed E-state index contributed by atoms with van der Waals surface area (Å²) in [5, 5.41) is 9.06. The average Bonchev–Trinajstić information content (AvgIpc) is 3.28. The van der Waals surface area contributed by atoms with Gasteiger partial charge in [0.05, 0.1) is 18.3 Å². The summed E-state index contributed by atoms with van der Waals surface area (Å²) < 4.78 is 4.65. The lowest BCUT2D eigenvalue weighted by Crippen LogP contribution is -2.27. The standard InChI is InChI=1S/C20H30N6/c1-24-16-10-4-3-9-15(16)21-20(24)17-11-6-12-26(17)13-18-22-23-19(25(18)2)14-7-5-8-14/h14,17H,3-13H2,1-2H3/t17-/m0/s1. The van der Waals surface area contributed by atoms with E-state index in [0.29, 0.717) is 12.0 Å². The van der Waals surface area contributed by atoms with Gasteiger partial charge in [-0.3, -0.25) is 4.90 Å². The van der Waals surface area contributed by atoms with Crippen molar-refractivity contribution in [3.63, 3.8) is 0 Å². The van der Waals surface area contributed by atoms with Crippen LogP contribution in [0.15, 0.2) is 0 Å². The number of fused-ring (bicyclic) bond motifs is 1. The molecule has 0 unspecified atom stereocenters. The molecule has 3 aliphatic rings. The summed E-state index contributed by atoms with van der Waals surface area (Å²) in [6.45, 7) is 2.02. The predicted molar refractivity (Wildman–Crippen MR) is 99.8 cm³/mol. The van der Waals surface area contributed by atoms with Gasteiger partial charge in [-0.05, 0) is 57.9 Å². The third-order valence-electron chi connectivity index (χ3n) is 6.88. The highest BCUT2D eigenvalue weighted by Gasteiger charge is 2.33. The number of rotatable bonds is 4. The Bertz CT molecular complexity index is 800. The summed E-state index contributed by atoms with van der Waals surface area (Å²) in [5.74, 6) is 4.21. The number of imidazole rings is 1.